The first kappa shape index (κ1) is 12.8. The smallest absolute Gasteiger partial charge is 0.163 e. The highest BCUT2D eigenvalue weighted by atomic mass is 16.5. The van der Waals surface area contributed by atoms with Crippen LogP contribution < -0.4 is 0 Å². The number of nitrogens with zero attached hydrogens (tertiary/aromatic N) is 4. The van der Waals surface area contributed by atoms with Gasteiger partial charge in [0.15, 0.2) is 5.82 Å². The number of aromatic nitrogens is 3. The highest BCUT2D eigenvalue weighted by Crippen LogP contribution is 2.24. The van der Waals surface area contributed by atoms with Crippen LogP contribution in [0.5, 0.6) is 0 Å². The number of ether oxygens (including phenoxy) is 1. The number of aryl methyl sites for hydroxylation is 1. The molecule has 1 aromatic heterocycles. The monoisotopic (exact) mass is 262 g/mol. The zero-order chi connectivity index (χ0) is 13.1. The van der Waals surface area contributed by atoms with Crippen LogP contribution in [0.4, 0.5) is 0 Å². The molecule has 1 saturated heterocycles. The summed E-state index contributed by atoms with van der Waals surface area (Å²) in [6, 6.07) is 0. The van der Waals surface area contributed by atoms with Crippen molar-refractivity contribution in [2.24, 2.45) is 13.0 Å². The fourth-order valence-corrected chi connectivity index (χ4v) is 3.00. The van der Waals surface area contributed by atoms with Gasteiger partial charge in [-0.2, -0.15) is 0 Å². The third kappa shape index (κ3) is 3.04. The summed E-state index contributed by atoms with van der Waals surface area (Å²) < 4.78 is 7.80. The van der Waals surface area contributed by atoms with Crippen LogP contribution in [0.1, 0.15) is 31.2 Å². The lowest BCUT2D eigenvalue weighted by Gasteiger charge is -2.34. The van der Waals surface area contributed by atoms with Crippen molar-refractivity contribution in [1.82, 2.24) is 19.7 Å². The van der Waals surface area contributed by atoms with Crippen molar-refractivity contribution in [1.29, 1.82) is 0 Å². The third-order valence-electron chi connectivity index (χ3n) is 4.08. The zero-order valence-electron chi connectivity index (χ0n) is 11.5. The maximum atomic E-state index is 5.84. The topological polar surface area (TPSA) is 43.2 Å². The summed E-state index contributed by atoms with van der Waals surface area (Å²) >= 11 is 0. The summed E-state index contributed by atoms with van der Waals surface area (Å²) in [7, 11) is 1.98. The lowest BCUT2D eigenvalue weighted by atomic mass is 9.93. The molecule has 0 amide bonds. The minimum Gasteiger partial charge on any atom is -0.368 e. The van der Waals surface area contributed by atoms with E-state index in [-0.39, 0.29) is 6.10 Å². The maximum absolute atomic E-state index is 5.84. The van der Waals surface area contributed by atoms with Crippen LogP contribution in [0.3, 0.4) is 0 Å². The normalized spacial score (nSPS) is 28.7. The highest BCUT2D eigenvalue weighted by Gasteiger charge is 2.26. The van der Waals surface area contributed by atoms with E-state index in [2.05, 4.69) is 27.2 Å². The first-order chi connectivity index (χ1) is 9.33. The van der Waals surface area contributed by atoms with Gasteiger partial charge in [0.2, 0.25) is 0 Å². The van der Waals surface area contributed by atoms with Crippen LogP contribution in [-0.2, 0) is 11.8 Å². The number of hydrogen-bond donors (Lipinski definition) is 0. The molecule has 1 aromatic rings. The van der Waals surface area contributed by atoms with E-state index < -0.39 is 0 Å². The van der Waals surface area contributed by atoms with Gasteiger partial charge in [-0.15, -0.1) is 10.2 Å². The number of hydrogen-bond acceptors (Lipinski definition) is 4. The molecule has 2 heterocycles. The summed E-state index contributed by atoms with van der Waals surface area (Å²) in [5, 5.41) is 8.11. The van der Waals surface area contributed by atoms with Gasteiger partial charge in [-0.3, -0.25) is 4.90 Å². The van der Waals surface area contributed by atoms with E-state index in [0.29, 0.717) is 0 Å². The van der Waals surface area contributed by atoms with Gasteiger partial charge in [0.05, 0.1) is 6.61 Å². The second-order valence-corrected chi connectivity index (χ2v) is 5.57. The Hall–Kier alpha value is -1.20. The van der Waals surface area contributed by atoms with Crippen molar-refractivity contribution in [3.05, 3.63) is 24.3 Å². The van der Waals surface area contributed by atoms with Crippen molar-refractivity contribution >= 4 is 0 Å². The van der Waals surface area contributed by atoms with Crippen LogP contribution in [-0.4, -0.2) is 45.9 Å². The summed E-state index contributed by atoms with van der Waals surface area (Å²) in [6.45, 7) is 3.95. The molecule has 2 aliphatic rings. The SMILES string of the molecule is Cn1cnnc1C1CN(CC2CC=CCC2)CCO1. The molecule has 5 nitrogen and oxygen atoms in total. The van der Waals surface area contributed by atoms with Crippen LogP contribution in [0, 0.1) is 5.92 Å². The van der Waals surface area contributed by atoms with Crippen LogP contribution >= 0.6 is 0 Å². The van der Waals surface area contributed by atoms with Gasteiger partial charge in [0.25, 0.3) is 0 Å². The van der Waals surface area contributed by atoms with Crippen LogP contribution in [0.15, 0.2) is 18.5 Å². The predicted octanol–water partition coefficient (Wildman–Crippen LogP) is 1.54. The molecule has 0 spiro atoms. The zero-order valence-corrected chi connectivity index (χ0v) is 11.5. The Labute approximate surface area is 114 Å². The van der Waals surface area contributed by atoms with Gasteiger partial charge in [0.1, 0.15) is 12.4 Å². The Bertz CT molecular complexity index is 442. The fourth-order valence-electron chi connectivity index (χ4n) is 3.00. The molecule has 2 unspecified atom stereocenters. The molecule has 0 N–H and O–H groups in total. The second-order valence-electron chi connectivity index (χ2n) is 5.57. The van der Waals surface area contributed by atoms with Gasteiger partial charge in [-0.1, -0.05) is 12.2 Å². The molecular weight excluding hydrogens is 240 g/mol. The molecule has 1 fully saturated rings. The Balaban J connectivity index is 1.59. The molecule has 0 radical (unpaired) electrons. The minimum atomic E-state index is 0.0698. The molecule has 0 saturated carbocycles. The van der Waals surface area contributed by atoms with Gasteiger partial charge in [-0.05, 0) is 25.2 Å². The lowest BCUT2D eigenvalue weighted by molar-refractivity contribution is -0.0403. The molecule has 2 atom stereocenters. The molecule has 19 heavy (non-hydrogen) atoms. The Morgan fingerprint density at radius 1 is 1.42 bits per heavy atom. The van der Waals surface area contributed by atoms with Gasteiger partial charge >= 0.3 is 0 Å². The van der Waals surface area contributed by atoms with Crippen molar-refractivity contribution in [2.75, 3.05) is 26.2 Å². The quantitative estimate of drug-likeness (QED) is 0.775. The summed E-state index contributed by atoms with van der Waals surface area (Å²) in [6.07, 6.45) is 10.2. The molecule has 1 aliphatic heterocycles. The van der Waals surface area contributed by atoms with Crippen molar-refractivity contribution in [3.63, 3.8) is 0 Å². The van der Waals surface area contributed by atoms with E-state index in [1.807, 2.05) is 11.6 Å². The largest absolute Gasteiger partial charge is 0.368 e. The van der Waals surface area contributed by atoms with Gasteiger partial charge in [0, 0.05) is 26.7 Å². The molecule has 104 valence electrons. The van der Waals surface area contributed by atoms with Gasteiger partial charge in [-0.25, -0.2) is 0 Å². The fraction of sp³-hybridized carbons (Fsp3) is 0.714. The van der Waals surface area contributed by atoms with Crippen molar-refractivity contribution in [3.8, 4) is 0 Å². The summed E-state index contributed by atoms with van der Waals surface area (Å²) in [4.78, 5) is 2.52. The van der Waals surface area contributed by atoms with E-state index in [0.717, 1.165) is 31.4 Å². The first-order valence-corrected chi connectivity index (χ1v) is 7.16. The lowest BCUT2D eigenvalue weighted by Crippen LogP contribution is -2.41. The molecular formula is C14H22N4O. The third-order valence-corrected chi connectivity index (χ3v) is 4.08. The summed E-state index contributed by atoms with van der Waals surface area (Å²) in [5.74, 6) is 1.75. The molecule has 5 heteroatoms. The number of rotatable bonds is 3. The average Bonchev–Trinajstić information content (AvgIpc) is 2.86. The minimum absolute atomic E-state index is 0.0698. The van der Waals surface area contributed by atoms with E-state index in [9.17, 15) is 0 Å². The molecule has 0 aromatic carbocycles. The Kier molecular flexibility index (Phi) is 3.94. The average molecular weight is 262 g/mol. The molecule has 3 rings (SSSR count). The highest BCUT2D eigenvalue weighted by molar-refractivity contribution is 4.95. The van der Waals surface area contributed by atoms with E-state index in [1.165, 1.54) is 25.8 Å². The molecule has 0 bridgehead atoms. The van der Waals surface area contributed by atoms with Crippen LogP contribution in [0.2, 0.25) is 0 Å². The Morgan fingerprint density at radius 3 is 3.11 bits per heavy atom. The molecule has 1 aliphatic carbocycles. The second kappa shape index (κ2) is 5.84. The van der Waals surface area contributed by atoms with Crippen molar-refractivity contribution in [2.45, 2.75) is 25.4 Å². The maximum Gasteiger partial charge on any atom is 0.163 e. The van der Waals surface area contributed by atoms with Crippen molar-refractivity contribution < 1.29 is 4.74 Å². The first-order valence-electron chi connectivity index (χ1n) is 7.16. The van der Waals surface area contributed by atoms with Gasteiger partial charge < -0.3 is 9.30 Å². The summed E-state index contributed by atoms with van der Waals surface area (Å²) in [5.41, 5.74) is 0. The van der Waals surface area contributed by atoms with E-state index in [1.54, 1.807) is 6.33 Å². The number of morpholine rings is 1. The predicted molar refractivity (Wildman–Crippen MR) is 72.6 cm³/mol. The van der Waals surface area contributed by atoms with E-state index >= 15 is 0 Å². The Morgan fingerprint density at radius 2 is 2.37 bits per heavy atom. The standard InChI is InChI=1S/C14H22N4O/c1-17-11-15-16-14(17)13-10-18(7-8-19-13)9-12-5-3-2-4-6-12/h2-3,11-13H,4-10H2,1H3. The van der Waals surface area contributed by atoms with E-state index in [4.69, 9.17) is 4.74 Å². The number of allylic oxidation sites excluding steroid dienone is 2. The van der Waals surface area contributed by atoms with Crippen LogP contribution in [0.25, 0.3) is 0 Å².